The Balaban J connectivity index is 0.000000469. The van der Waals surface area contributed by atoms with E-state index >= 15 is 0 Å². The van der Waals surface area contributed by atoms with Gasteiger partial charge in [-0.2, -0.15) is 0 Å². The molecule has 1 heterocycles. The molecule has 2 N–H and O–H groups in total. The van der Waals surface area contributed by atoms with Gasteiger partial charge in [-0.3, -0.25) is 0 Å². The van der Waals surface area contributed by atoms with Crippen LogP contribution in [0.1, 0.15) is 24.0 Å². The Morgan fingerprint density at radius 3 is 2.20 bits per heavy atom. The average Bonchev–Trinajstić information content (AvgIpc) is 2.73. The van der Waals surface area contributed by atoms with Crippen LogP contribution in [-0.2, 0) is 9.59 Å². The van der Waals surface area contributed by atoms with E-state index in [1.807, 2.05) is 11.8 Å². The van der Waals surface area contributed by atoms with Gasteiger partial charge in [0.2, 0.25) is 0 Å². The molecule has 0 aliphatic heterocycles. The number of nitrogens with zero attached hydrogens (tertiary/aromatic N) is 2. The molecule has 30 heavy (non-hydrogen) atoms. The van der Waals surface area contributed by atoms with Gasteiger partial charge in [0.1, 0.15) is 5.03 Å². The van der Waals surface area contributed by atoms with E-state index in [1.54, 1.807) is 0 Å². The number of aliphatic carboxylic acids is 2. The monoisotopic (exact) mass is 426 g/mol. The van der Waals surface area contributed by atoms with Crippen LogP contribution in [0, 0.1) is 0 Å². The number of fused-ring (bicyclic) bond motifs is 1. The van der Waals surface area contributed by atoms with Crippen molar-refractivity contribution in [2.24, 2.45) is 0 Å². The van der Waals surface area contributed by atoms with Crippen molar-refractivity contribution in [2.45, 2.75) is 17.9 Å². The molecule has 0 aliphatic carbocycles. The molecule has 1 aromatic heterocycles. The van der Waals surface area contributed by atoms with E-state index in [1.165, 1.54) is 16.5 Å². The molecular weight excluding hydrogens is 400 g/mol. The van der Waals surface area contributed by atoms with Gasteiger partial charge >= 0.3 is 11.9 Å². The Morgan fingerprint density at radius 1 is 1.00 bits per heavy atom. The van der Waals surface area contributed by atoms with Crippen molar-refractivity contribution < 1.29 is 19.8 Å². The van der Waals surface area contributed by atoms with Crippen LogP contribution in [-0.4, -0.2) is 58.4 Å². The quantitative estimate of drug-likeness (QED) is 0.451. The van der Waals surface area contributed by atoms with E-state index in [4.69, 9.17) is 24.8 Å². The number of hydrogen-bond donors (Lipinski definition) is 2. The number of rotatable bonds is 6. The first kappa shape index (κ1) is 23.4. The largest absolute Gasteiger partial charge is 0.473 e. The summed E-state index contributed by atoms with van der Waals surface area (Å²) in [5, 5.41) is 17.2. The van der Waals surface area contributed by atoms with Crippen LogP contribution < -0.4 is 0 Å². The number of carboxylic acid groups (broad SMARTS) is 2. The molecule has 0 saturated carbocycles. The molecule has 0 aliphatic rings. The van der Waals surface area contributed by atoms with E-state index in [9.17, 15) is 0 Å². The van der Waals surface area contributed by atoms with E-state index in [2.05, 4.69) is 86.6 Å². The Kier molecular flexibility index (Phi) is 8.83. The zero-order valence-corrected chi connectivity index (χ0v) is 18.1. The van der Waals surface area contributed by atoms with E-state index in [-0.39, 0.29) is 0 Å². The number of carbonyl (C=O) groups is 2. The topological polar surface area (TPSA) is 90.7 Å². The lowest BCUT2D eigenvalue weighted by Crippen LogP contribution is -2.15. The lowest BCUT2D eigenvalue weighted by atomic mass is 9.93. The van der Waals surface area contributed by atoms with Gasteiger partial charge in [0.05, 0.1) is 5.52 Å². The second kappa shape index (κ2) is 11.3. The molecule has 0 spiro atoms. The third-order valence-electron chi connectivity index (χ3n) is 4.44. The van der Waals surface area contributed by atoms with Gasteiger partial charge in [0.15, 0.2) is 0 Å². The van der Waals surface area contributed by atoms with E-state index in [0.29, 0.717) is 5.92 Å². The van der Waals surface area contributed by atoms with Crippen LogP contribution in [0.5, 0.6) is 0 Å². The van der Waals surface area contributed by atoms with Crippen molar-refractivity contribution in [1.82, 2.24) is 9.88 Å². The van der Waals surface area contributed by atoms with Gasteiger partial charge < -0.3 is 15.1 Å². The molecule has 7 heteroatoms. The highest BCUT2D eigenvalue weighted by Gasteiger charge is 2.15. The number of carboxylic acids is 2. The number of aromatic nitrogens is 1. The highest BCUT2D eigenvalue weighted by Crippen LogP contribution is 2.33. The molecule has 0 saturated heterocycles. The summed E-state index contributed by atoms with van der Waals surface area (Å²) < 4.78 is 0. The highest BCUT2D eigenvalue weighted by atomic mass is 32.2. The lowest BCUT2D eigenvalue weighted by molar-refractivity contribution is -0.159. The number of para-hydroxylation sites is 1. The Bertz CT molecular complexity index is 981. The third kappa shape index (κ3) is 6.86. The van der Waals surface area contributed by atoms with Gasteiger partial charge in [-0.1, -0.05) is 55.5 Å². The predicted octanol–water partition coefficient (Wildman–Crippen LogP) is 4.20. The van der Waals surface area contributed by atoms with Crippen LogP contribution in [0.3, 0.4) is 0 Å². The van der Waals surface area contributed by atoms with Crippen LogP contribution in [0.4, 0.5) is 0 Å². The molecule has 6 nitrogen and oxygen atoms in total. The summed E-state index contributed by atoms with van der Waals surface area (Å²) >= 11 is 1.86. The van der Waals surface area contributed by atoms with Gasteiger partial charge in [0, 0.05) is 23.6 Å². The average molecular weight is 427 g/mol. The van der Waals surface area contributed by atoms with Gasteiger partial charge in [0.25, 0.3) is 0 Å². The zero-order chi connectivity index (χ0) is 22.1. The van der Waals surface area contributed by atoms with Crippen molar-refractivity contribution >= 4 is 34.6 Å². The van der Waals surface area contributed by atoms with Crippen molar-refractivity contribution in [1.29, 1.82) is 0 Å². The van der Waals surface area contributed by atoms with Crippen molar-refractivity contribution in [3.05, 3.63) is 71.8 Å². The van der Waals surface area contributed by atoms with E-state index in [0.717, 1.165) is 22.8 Å². The fraction of sp³-hybridized carbons (Fsp3) is 0.261. The minimum absolute atomic E-state index is 0.338. The Morgan fingerprint density at radius 2 is 1.60 bits per heavy atom. The van der Waals surface area contributed by atoms with Crippen molar-refractivity contribution in [2.75, 3.05) is 26.4 Å². The minimum atomic E-state index is -1.82. The summed E-state index contributed by atoms with van der Waals surface area (Å²) in [5.41, 5.74) is 3.74. The smallest absolute Gasteiger partial charge is 0.414 e. The molecule has 0 radical (unpaired) electrons. The molecule has 0 amide bonds. The van der Waals surface area contributed by atoms with Crippen LogP contribution in [0.25, 0.3) is 10.9 Å². The van der Waals surface area contributed by atoms with Gasteiger partial charge in [-0.25, -0.2) is 14.6 Å². The SMILES string of the molecule is CC(c1ccccc1)c1cc2ccccc2nc1SCCN(C)C.O=C(O)C(=O)O. The summed E-state index contributed by atoms with van der Waals surface area (Å²) in [5.74, 6) is -2.26. The number of benzene rings is 2. The molecule has 0 bridgehead atoms. The lowest BCUT2D eigenvalue weighted by Gasteiger charge is -2.18. The number of hydrogen-bond acceptors (Lipinski definition) is 5. The summed E-state index contributed by atoms with van der Waals surface area (Å²) in [6.45, 7) is 3.33. The fourth-order valence-corrected chi connectivity index (χ4v) is 4.00. The molecule has 3 rings (SSSR count). The molecule has 158 valence electrons. The maximum atomic E-state index is 9.10. The second-order valence-electron chi connectivity index (χ2n) is 6.97. The third-order valence-corrected chi connectivity index (χ3v) is 5.43. The predicted molar refractivity (Wildman–Crippen MR) is 120 cm³/mol. The maximum absolute atomic E-state index is 9.10. The summed E-state index contributed by atoms with van der Waals surface area (Å²) in [6, 6.07) is 21.4. The van der Waals surface area contributed by atoms with Crippen molar-refractivity contribution in [3.8, 4) is 0 Å². The first-order valence-corrected chi connectivity index (χ1v) is 10.5. The standard InChI is InChI=1S/C21H24N2S.C2H2O4/c1-16(17-9-5-4-6-10-17)19-15-18-11-7-8-12-20(18)22-21(19)24-14-13-23(2)3;3-1(4)2(5)6/h4-12,15-16H,13-14H2,1-3H3;(H,3,4)(H,5,6). The minimum Gasteiger partial charge on any atom is -0.473 e. The van der Waals surface area contributed by atoms with Crippen LogP contribution in [0.15, 0.2) is 65.7 Å². The van der Waals surface area contributed by atoms with E-state index < -0.39 is 11.9 Å². The molecular formula is C23H26N2O4S. The summed E-state index contributed by atoms with van der Waals surface area (Å²) in [4.78, 5) is 25.4. The summed E-state index contributed by atoms with van der Waals surface area (Å²) in [7, 11) is 4.23. The number of pyridine rings is 1. The second-order valence-corrected chi connectivity index (χ2v) is 8.05. The Labute approximate surface area is 180 Å². The Hall–Kier alpha value is -2.90. The zero-order valence-electron chi connectivity index (χ0n) is 17.3. The molecule has 2 aromatic carbocycles. The van der Waals surface area contributed by atoms with Crippen molar-refractivity contribution in [3.63, 3.8) is 0 Å². The first-order chi connectivity index (χ1) is 14.3. The maximum Gasteiger partial charge on any atom is 0.414 e. The van der Waals surface area contributed by atoms with Gasteiger partial charge in [-0.15, -0.1) is 11.8 Å². The fourth-order valence-electron chi connectivity index (χ4n) is 2.79. The molecule has 3 aromatic rings. The molecule has 1 atom stereocenters. The first-order valence-electron chi connectivity index (χ1n) is 9.48. The summed E-state index contributed by atoms with van der Waals surface area (Å²) in [6.07, 6.45) is 0. The van der Waals surface area contributed by atoms with Crippen LogP contribution >= 0.6 is 11.8 Å². The van der Waals surface area contributed by atoms with Crippen LogP contribution in [0.2, 0.25) is 0 Å². The van der Waals surface area contributed by atoms with Gasteiger partial charge in [-0.05, 0) is 37.4 Å². The highest BCUT2D eigenvalue weighted by molar-refractivity contribution is 7.99. The number of thioether (sulfide) groups is 1. The normalized spacial score (nSPS) is 11.6. The molecule has 0 fully saturated rings. The molecule has 1 unspecified atom stereocenters.